The Morgan fingerprint density at radius 3 is 2.60 bits per heavy atom. The van der Waals surface area contributed by atoms with Crippen LogP contribution in [0.4, 0.5) is 15.8 Å². The standard InChI is InChI=1S/C21H24FN3O5/c22-16-3-6-18(7-4-16)30-12-2-1-9-23-21(26)19-15-17(25(27)28)5-8-20(19)24-10-13-29-14-11-24/h3-8,15H,1-2,9-14H2,(H,23,26). The lowest BCUT2D eigenvalue weighted by atomic mass is 10.1. The summed E-state index contributed by atoms with van der Waals surface area (Å²) in [6, 6.07) is 10.1. The highest BCUT2D eigenvalue weighted by atomic mass is 19.1. The average molecular weight is 417 g/mol. The van der Waals surface area contributed by atoms with Crippen LogP contribution in [0.25, 0.3) is 0 Å². The van der Waals surface area contributed by atoms with Gasteiger partial charge in [-0.2, -0.15) is 0 Å². The van der Waals surface area contributed by atoms with Crippen molar-refractivity contribution in [3.63, 3.8) is 0 Å². The van der Waals surface area contributed by atoms with Gasteiger partial charge in [-0.1, -0.05) is 0 Å². The first-order valence-corrected chi connectivity index (χ1v) is 9.82. The molecule has 2 aromatic rings. The molecule has 3 rings (SSSR count). The summed E-state index contributed by atoms with van der Waals surface area (Å²) in [7, 11) is 0. The van der Waals surface area contributed by atoms with E-state index in [1.165, 1.54) is 24.3 Å². The number of ether oxygens (including phenoxy) is 2. The third-order valence-electron chi connectivity index (χ3n) is 4.73. The zero-order valence-electron chi connectivity index (χ0n) is 16.5. The normalized spacial score (nSPS) is 13.7. The Kier molecular flexibility index (Phi) is 7.56. The highest BCUT2D eigenvalue weighted by molar-refractivity contribution is 6.00. The van der Waals surface area contributed by atoms with E-state index in [0.717, 1.165) is 0 Å². The van der Waals surface area contributed by atoms with Crippen molar-refractivity contribution >= 4 is 17.3 Å². The number of non-ortho nitro benzene ring substituents is 1. The van der Waals surface area contributed by atoms with Gasteiger partial charge in [-0.3, -0.25) is 14.9 Å². The smallest absolute Gasteiger partial charge is 0.270 e. The van der Waals surface area contributed by atoms with Gasteiger partial charge in [0.25, 0.3) is 11.6 Å². The molecule has 160 valence electrons. The van der Waals surface area contributed by atoms with Crippen molar-refractivity contribution in [2.24, 2.45) is 0 Å². The monoisotopic (exact) mass is 417 g/mol. The predicted molar refractivity (Wildman–Crippen MR) is 110 cm³/mol. The third-order valence-corrected chi connectivity index (χ3v) is 4.73. The minimum Gasteiger partial charge on any atom is -0.494 e. The molecule has 2 aromatic carbocycles. The minimum atomic E-state index is -0.507. The quantitative estimate of drug-likeness (QED) is 0.383. The number of rotatable bonds is 9. The number of nitro groups is 1. The largest absolute Gasteiger partial charge is 0.494 e. The average Bonchev–Trinajstić information content (AvgIpc) is 2.77. The number of nitrogens with one attached hydrogen (secondary N) is 1. The molecule has 1 fully saturated rings. The molecule has 0 bridgehead atoms. The van der Waals surface area contributed by atoms with Crippen LogP contribution in [0, 0.1) is 15.9 Å². The summed E-state index contributed by atoms with van der Waals surface area (Å²) >= 11 is 0. The van der Waals surface area contributed by atoms with E-state index in [4.69, 9.17) is 9.47 Å². The zero-order chi connectivity index (χ0) is 21.3. The first-order valence-electron chi connectivity index (χ1n) is 9.82. The molecule has 0 unspecified atom stereocenters. The molecule has 8 nitrogen and oxygen atoms in total. The number of benzene rings is 2. The van der Waals surface area contributed by atoms with Crippen LogP contribution < -0.4 is 15.0 Å². The van der Waals surface area contributed by atoms with Crippen LogP contribution >= 0.6 is 0 Å². The number of nitrogens with zero attached hydrogens (tertiary/aromatic N) is 2. The number of nitro benzene ring substituents is 1. The van der Waals surface area contributed by atoms with E-state index in [-0.39, 0.29) is 23.0 Å². The Morgan fingerprint density at radius 1 is 1.17 bits per heavy atom. The molecule has 1 amide bonds. The van der Waals surface area contributed by atoms with Crippen LogP contribution in [-0.2, 0) is 4.74 Å². The Hall–Kier alpha value is -3.20. The van der Waals surface area contributed by atoms with Crippen molar-refractivity contribution in [1.82, 2.24) is 5.32 Å². The molecule has 0 radical (unpaired) electrons. The third kappa shape index (κ3) is 5.90. The summed E-state index contributed by atoms with van der Waals surface area (Å²) in [5.41, 5.74) is 0.833. The fraction of sp³-hybridized carbons (Fsp3) is 0.381. The molecule has 1 aliphatic rings. The van der Waals surface area contributed by atoms with Gasteiger partial charge < -0.3 is 19.7 Å². The maximum absolute atomic E-state index is 12.9. The second-order valence-electron chi connectivity index (χ2n) is 6.82. The Morgan fingerprint density at radius 2 is 1.90 bits per heavy atom. The van der Waals surface area contributed by atoms with E-state index in [9.17, 15) is 19.3 Å². The molecule has 1 aliphatic heterocycles. The number of morpholine rings is 1. The van der Waals surface area contributed by atoms with Crippen LogP contribution in [0.5, 0.6) is 5.75 Å². The van der Waals surface area contributed by atoms with Gasteiger partial charge in [0.15, 0.2) is 0 Å². The van der Waals surface area contributed by atoms with Crippen LogP contribution in [0.15, 0.2) is 42.5 Å². The molecule has 0 atom stereocenters. The second-order valence-corrected chi connectivity index (χ2v) is 6.82. The number of unbranched alkanes of at least 4 members (excludes halogenated alkanes) is 1. The lowest BCUT2D eigenvalue weighted by Crippen LogP contribution is -2.38. The summed E-state index contributed by atoms with van der Waals surface area (Å²) in [5, 5.41) is 14.0. The topological polar surface area (TPSA) is 93.9 Å². The fourth-order valence-electron chi connectivity index (χ4n) is 3.14. The summed E-state index contributed by atoms with van der Waals surface area (Å²) in [6.07, 6.45) is 1.37. The van der Waals surface area contributed by atoms with E-state index in [1.807, 2.05) is 4.90 Å². The molecule has 0 aromatic heterocycles. The van der Waals surface area contributed by atoms with Gasteiger partial charge in [-0.15, -0.1) is 0 Å². The molecule has 1 N–H and O–H groups in total. The van der Waals surface area contributed by atoms with Crippen LogP contribution in [0.3, 0.4) is 0 Å². The van der Waals surface area contributed by atoms with Gasteiger partial charge in [0.1, 0.15) is 11.6 Å². The highest BCUT2D eigenvalue weighted by Crippen LogP contribution is 2.26. The Balaban J connectivity index is 1.52. The van der Waals surface area contributed by atoms with E-state index in [2.05, 4.69) is 5.32 Å². The van der Waals surface area contributed by atoms with Crippen molar-refractivity contribution in [2.75, 3.05) is 44.4 Å². The van der Waals surface area contributed by atoms with Gasteiger partial charge >= 0.3 is 0 Å². The summed E-state index contributed by atoms with van der Waals surface area (Å²) in [5.74, 6) is -0.0745. The highest BCUT2D eigenvalue weighted by Gasteiger charge is 2.21. The van der Waals surface area contributed by atoms with E-state index < -0.39 is 4.92 Å². The van der Waals surface area contributed by atoms with Crippen molar-refractivity contribution in [3.8, 4) is 5.75 Å². The van der Waals surface area contributed by atoms with Gasteiger partial charge in [0.05, 0.1) is 36.0 Å². The number of carbonyl (C=O) groups excluding carboxylic acids is 1. The lowest BCUT2D eigenvalue weighted by Gasteiger charge is -2.30. The van der Waals surface area contributed by atoms with Crippen LogP contribution in [-0.4, -0.2) is 50.3 Å². The second kappa shape index (κ2) is 10.5. The number of carbonyl (C=O) groups is 1. The van der Waals surface area contributed by atoms with E-state index >= 15 is 0 Å². The first-order chi connectivity index (χ1) is 14.5. The summed E-state index contributed by atoms with van der Waals surface area (Å²) < 4.78 is 23.7. The van der Waals surface area contributed by atoms with E-state index in [0.29, 0.717) is 63.7 Å². The summed E-state index contributed by atoms with van der Waals surface area (Å²) in [6.45, 7) is 3.20. The lowest BCUT2D eigenvalue weighted by molar-refractivity contribution is -0.384. The SMILES string of the molecule is O=C(NCCCCOc1ccc(F)cc1)c1cc([N+](=O)[O-])ccc1N1CCOCC1. The van der Waals surface area contributed by atoms with Crippen molar-refractivity contribution < 1.29 is 23.6 Å². The van der Waals surface area contributed by atoms with Crippen molar-refractivity contribution in [2.45, 2.75) is 12.8 Å². The van der Waals surface area contributed by atoms with Crippen molar-refractivity contribution in [1.29, 1.82) is 0 Å². The van der Waals surface area contributed by atoms with Crippen molar-refractivity contribution in [3.05, 3.63) is 64.0 Å². The van der Waals surface area contributed by atoms with Crippen LogP contribution in [0.1, 0.15) is 23.2 Å². The first kappa shape index (κ1) is 21.5. The molecule has 1 heterocycles. The van der Waals surface area contributed by atoms with Gasteiger partial charge in [0, 0.05) is 31.8 Å². The van der Waals surface area contributed by atoms with E-state index in [1.54, 1.807) is 18.2 Å². The number of anilines is 1. The summed E-state index contributed by atoms with van der Waals surface area (Å²) in [4.78, 5) is 25.3. The molecule has 30 heavy (non-hydrogen) atoms. The van der Waals surface area contributed by atoms with Gasteiger partial charge in [-0.25, -0.2) is 4.39 Å². The zero-order valence-corrected chi connectivity index (χ0v) is 16.5. The van der Waals surface area contributed by atoms with Crippen LogP contribution in [0.2, 0.25) is 0 Å². The predicted octanol–water partition coefficient (Wildman–Crippen LogP) is 3.16. The molecular formula is C21H24FN3O5. The fourth-order valence-corrected chi connectivity index (χ4v) is 3.14. The number of hydrogen-bond acceptors (Lipinski definition) is 6. The number of hydrogen-bond donors (Lipinski definition) is 1. The molecule has 0 aliphatic carbocycles. The number of halogens is 1. The Bertz CT molecular complexity index is 869. The molecule has 0 spiro atoms. The molecule has 0 saturated carbocycles. The molecule has 1 saturated heterocycles. The maximum Gasteiger partial charge on any atom is 0.270 e. The van der Waals surface area contributed by atoms with Gasteiger partial charge in [0.2, 0.25) is 0 Å². The Labute approximate surface area is 173 Å². The number of amides is 1. The van der Waals surface area contributed by atoms with Gasteiger partial charge in [-0.05, 0) is 43.2 Å². The molecular weight excluding hydrogens is 393 g/mol. The molecule has 9 heteroatoms. The maximum atomic E-state index is 12.9. The minimum absolute atomic E-state index is 0.121.